The van der Waals surface area contributed by atoms with Gasteiger partial charge in [-0.15, -0.1) is 0 Å². The summed E-state index contributed by atoms with van der Waals surface area (Å²) in [4.78, 5) is 39.6. The number of carbonyl (C=O) groups is 3. The Morgan fingerprint density at radius 1 is 0.931 bits per heavy atom. The van der Waals surface area contributed by atoms with Gasteiger partial charge < -0.3 is 5.32 Å². The fourth-order valence-electron chi connectivity index (χ4n) is 4.66. The average Bonchev–Trinajstić information content (AvgIpc) is 2.91. The number of hydrogen-bond donors (Lipinski definition) is 1. The maximum atomic E-state index is 12.8. The first-order valence-corrected chi connectivity index (χ1v) is 10.2. The zero-order valence-electron chi connectivity index (χ0n) is 17.1. The number of amides is 3. The smallest absolute Gasteiger partial charge is 0.255 e. The molecule has 0 radical (unpaired) electrons. The number of nitrogens with one attached hydrogen (secondary N) is 1. The van der Waals surface area contributed by atoms with Gasteiger partial charge in [-0.3, -0.25) is 19.3 Å². The minimum absolute atomic E-state index is 0.0978. The monoisotopic (exact) mass is 390 g/mol. The van der Waals surface area contributed by atoms with Crippen molar-refractivity contribution < 1.29 is 14.4 Å². The lowest BCUT2D eigenvalue weighted by molar-refractivity contribution is -0.122. The summed E-state index contributed by atoms with van der Waals surface area (Å²) >= 11 is 0. The Hall–Kier alpha value is -2.95. The number of benzene rings is 2. The van der Waals surface area contributed by atoms with Gasteiger partial charge in [0, 0.05) is 11.3 Å². The molecule has 3 amide bonds. The Morgan fingerprint density at radius 3 is 2.21 bits per heavy atom. The number of anilines is 2. The lowest BCUT2D eigenvalue weighted by Crippen LogP contribution is -2.30. The Morgan fingerprint density at radius 2 is 1.55 bits per heavy atom. The third kappa shape index (κ3) is 3.69. The zero-order chi connectivity index (χ0) is 20.7. The molecule has 2 aliphatic rings. The Bertz CT molecular complexity index is 960. The summed E-state index contributed by atoms with van der Waals surface area (Å²) in [7, 11) is 0. The molecule has 5 heteroatoms. The number of carbonyl (C=O) groups excluding carboxylic acids is 3. The van der Waals surface area contributed by atoms with Gasteiger partial charge in [-0.25, -0.2) is 0 Å². The predicted octanol–water partition coefficient (Wildman–Crippen LogP) is 4.48. The fraction of sp³-hybridized carbons (Fsp3) is 0.375. The van der Waals surface area contributed by atoms with Gasteiger partial charge in [-0.2, -0.15) is 0 Å². The first-order valence-electron chi connectivity index (χ1n) is 10.2. The van der Waals surface area contributed by atoms with E-state index in [0.717, 1.165) is 36.1 Å². The molecular weight excluding hydrogens is 364 g/mol. The Kier molecular flexibility index (Phi) is 4.99. The number of fused-ring (bicyclic) bond motifs is 1. The van der Waals surface area contributed by atoms with E-state index in [1.165, 1.54) is 4.90 Å². The first-order chi connectivity index (χ1) is 13.8. The van der Waals surface area contributed by atoms with Crippen LogP contribution in [0.5, 0.6) is 0 Å². The largest absolute Gasteiger partial charge is 0.322 e. The van der Waals surface area contributed by atoms with Crippen LogP contribution in [0.4, 0.5) is 11.4 Å². The molecule has 3 atom stereocenters. The van der Waals surface area contributed by atoms with E-state index in [0.29, 0.717) is 17.2 Å². The molecule has 1 aliphatic carbocycles. The molecule has 150 valence electrons. The quantitative estimate of drug-likeness (QED) is 0.786. The second kappa shape index (κ2) is 7.47. The van der Waals surface area contributed by atoms with E-state index in [4.69, 9.17) is 0 Å². The predicted molar refractivity (Wildman–Crippen MR) is 113 cm³/mol. The highest BCUT2D eigenvalue weighted by Crippen LogP contribution is 2.42. The second-order valence-electron chi connectivity index (χ2n) is 8.52. The van der Waals surface area contributed by atoms with Crippen LogP contribution in [0, 0.1) is 31.6 Å². The Balaban J connectivity index is 1.51. The van der Waals surface area contributed by atoms with Gasteiger partial charge in [0.25, 0.3) is 5.91 Å². The number of hydrogen-bond acceptors (Lipinski definition) is 3. The van der Waals surface area contributed by atoms with Gasteiger partial charge in [0.15, 0.2) is 0 Å². The van der Waals surface area contributed by atoms with Gasteiger partial charge in [-0.1, -0.05) is 13.0 Å². The van der Waals surface area contributed by atoms with Crippen LogP contribution in [0.3, 0.4) is 0 Å². The van der Waals surface area contributed by atoms with Crippen LogP contribution in [0.2, 0.25) is 0 Å². The number of rotatable bonds is 3. The van der Waals surface area contributed by atoms with Gasteiger partial charge in [-0.05, 0) is 86.6 Å². The molecule has 0 bridgehead atoms. The van der Waals surface area contributed by atoms with Crippen molar-refractivity contribution in [2.75, 3.05) is 10.2 Å². The molecule has 0 spiro atoms. The summed E-state index contributed by atoms with van der Waals surface area (Å²) in [6.45, 7) is 6.11. The Labute approximate surface area is 171 Å². The van der Waals surface area contributed by atoms with Crippen molar-refractivity contribution in [3.63, 3.8) is 0 Å². The normalized spacial score (nSPS) is 23.8. The van der Waals surface area contributed by atoms with E-state index in [-0.39, 0.29) is 29.6 Å². The highest BCUT2D eigenvalue weighted by molar-refractivity contribution is 6.22. The summed E-state index contributed by atoms with van der Waals surface area (Å²) in [5.41, 5.74) is 3.94. The van der Waals surface area contributed by atoms with E-state index >= 15 is 0 Å². The van der Waals surface area contributed by atoms with Crippen LogP contribution in [0.15, 0.2) is 42.5 Å². The van der Waals surface area contributed by atoms with Crippen molar-refractivity contribution in [3.05, 3.63) is 59.2 Å². The number of nitrogens with zero attached hydrogens (tertiary/aromatic N) is 1. The van der Waals surface area contributed by atoms with Gasteiger partial charge in [0.05, 0.1) is 17.5 Å². The molecule has 1 N–H and O–H groups in total. The van der Waals surface area contributed by atoms with E-state index in [1.807, 2.05) is 32.0 Å². The van der Waals surface area contributed by atoms with E-state index < -0.39 is 0 Å². The molecule has 0 unspecified atom stereocenters. The van der Waals surface area contributed by atoms with Crippen molar-refractivity contribution >= 4 is 29.1 Å². The van der Waals surface area contributed by atoms with Crippen LogP contribution >= 0.6 is 0 Å². The van der Waals surface area contributed by atoms with Crippen LogP contribution in [-0.4, -0.2) is 17.7 Å². The highest BCUT2D eigenvalue weighted by Gasteiger charge is 2.49. The van der Waals surface area contributed by atoms with Crippen molar-refractivity contribution in [1.82, 2.24) is 0 Å². The van der Waals surface area contributed by atoms with Crippen molar-refractivity contribution in [1.29, 1.82) is 0 Å². The maximum Gasteiger partial charge on any atom is 0.255 e. The molecule has 1 saturated carbocycles. The molecule has 2 fully saturated rings. The van der Waals surface area contributed by atoms with Crippen molar-refractivity contribution in [2.24, 2.45) is 17.8 Å². The molecule has 5 nitrogen and oxygen atoms in total. The van der Waals surface area contributed by atoms with Gasteiger partial charge in [0.2, 0.25) is 11.8 Å². The first kappa shape index (κ1) is 19.4. The fourth-order valence-corrected chi connectivity index (χ4v) is 4.66. The van der Waals surface area contributed by atoms with Crippen LogP contribution in [-0.2, 0) is 9.59 Å². The van der Waals surface area contributed by atoms with Crippen LogP contribution in [0.1, 0.15) is 47.7 Å². The lowest BCUT2D eigenvalue weighted by Gasteiger charge is -2.25. The van der Waals surface area contributed by atoms with E-state index in [2.05, 4.69) is 12.2 Å². The molecule has 4 rings (SSSR count). The zero-order valence-corrected chi connectivity index (χ0v) is 17.1. The lowest BCUT2D eigenvalue weighted by atomic mass is 9.76. The molecule has 2 aromatic carbocycles. The van der Waals surface area contributed by atoms with Gasteiger partial charge in [0.1, 0.15) is 0 Å². The molecule has 1 heterocycles. The maximum absolute atomic E-state index is 12.8. The topological polar surface area (TPSA) is 66.5 Å². The summed E-state index contributed by atoms with van der Waals surface area (Å²) in [6, 6.07) is 12.6. The number of aryl methyl sites for hydroxylation is 2. The average molecular weight is 390 g/mol. The minimum atomic E-state index is -0.219. The van der Waals surface area contributed by atoms with Crippen molar-refractivity contribution in [2.45, 2.75) is 40.0 Å². The molecule has 29 heavy (non-hydrogen) atoms. The minimum Gasteiger partial charge on any atom is -0.322 e. The van der Waals surface area contributed by atoms with E-state index in [9.17, 15) is 14.4 Å². The highest BCUT2D eigenvalue weighted by atomic mass is 16.2. The third-order valence-corrected chi connectivity index (χ3v) is 6.05. The molecule has 1 saturated heterocycles. The van der Waals surface area contributed by atoms with Gasteiger partial charge >= 0.3 is 0 Å². The summed E-state index contributed by atoms with van der Waals surface area (Å²) in [5.74, 6) is -0.323. The SMILES string of the molecule is Cc1cc(C)cc(NC(=O)c2ccc(N3C(=O)[C@@H]4CC[C@@H](C)C[C@H]4C3=O)cc2)c1. The standard InChI is InChI=1S/C24H26N2O3/c1-14-4-9-20-21(13-14)24(29)26(23(20)28)19-7-5-17(6-8-19)22(27)25-18-11-15(2)10-16(3)12-18/h5-8,10-12,14,20-21H,4,9,13H2,1-3H3,(H,25,27)/t14-,20-,21-/m1/s1. The number of imide groups is 1. The summed E-state index contributed by atoms with van der Waals surface area (Å²) in [6.07, 6.45) is 2.55. The van der Waals surface area contributed by atoms with Crippen molar-refractivity contribution in [3.8, 4) is 0 Å². The summed E-state index contributed by atoms with van der Waals surface area (Å²) in [5, 5.41) is 2.91. The van der Waals surface area contributed by atoms with E-state index in [1.54, 1.807) is 24.3 Å². The molecule has 0 aromatic heterocycles. The molecular formula is C24H26N2O3. The van der Waals surface area contributed by atoms with Crippen LogP contribution in [0.25, 0.3) is 0 Å². The second-order valence-corrected chi connectivity index (χ2v) is 8.52. The summed E-state index contributed by atoms with van der Waals surface area (Å²) < 4.78 is 0. The molecule has 2 aromatic rings. The van der Waals surface area contributed by atoms with Crippen LogP contribution < -0.4 is 10.2 Å². The molecule has 1 aliphatic heterocycles. The third-order valence-electron chi connectivity index (χ3n) is 6.05.